The molecule has 0 bridgehead atoms. The molecule has 1 aliphatic rings. The summed E-state index contributed by atoms with van der Waals surface area (Å²) in [5, 5.41) is 9.55. The van der Waals surface area contributed by atoms with Crippen molar-refractivity contribution >= 4 is 11.6 Å². The lowest BCUT2D eigenvalue weighted by atomic mass is 10.1. The fraction of sp³-hybridized carbons (Fsp3) is 0.200. The zero-order chi connectivity index (χ0) is 20.8. The van der Waals surface area contributed by atoms with Crippen molar-refractivity contribution < 1.29 is 26.7 Å². The minimum atomic E-state index is -4.47. The number of alkyl halides is 3. The summed E-state index contributed by atoms with van der Waals surface area (Å²) in [5.74, 6) is -2.51. The number of rotatable bonds is 4. The topological polar surface area (TPSA) is 57.8 Å². The minimum absolute atomic E-state index is 0.124. The Kier molecular flexibility index (Phi) is 4.60. The van der Waals surface area contributed by atoms with Gasteiger partial charge in [-0.3, -0.25) is 9.89 Å². The molecule has 150 valence electrons. The fourth-order valence-corrected chi connectivity index (χ4v) is 3.03. The standard InChI is InChI=1S/C20H14F5N3O/c21-13-7-8-14(15(22)9-13)19(29)26-18-16(10-1-2-10)27-28-17(18)11-3-5-12(6-4-11)20(23,24)25/h3-10H,1-2H2,(H,26,29)(H,27,28). The van der Waals surface area contributed by atoms with Gasteiger partial charge in [0.15, 0.2) is 0 Å². The quantitative estimate of drug-likeness (QED) is 0.561. The van der Waals surface area contributed by atoms with Crippen molar-refractivity contribution in [3.8, 4) is 11.3 Å². The summed E-state index contributed by atoms with van der Waals surface area (Å²) in [6.07, 6.45) is -2.74. The number of hydrogen-bond acceptors (Lipinski definition) is 2. The number of hydrogen-bond donors (Lipinski definition) is 2. The highest BCUT2D eigenvalue weighted by molar-refractivity contribution is 6.06. The maximum atomic E-state index is 13.9. The van der Waals surface area contributed by atoms with Crippen LogP contribution >= 0.6 is 0 Å². The molecule has 0 spiro atoms. The van der Waals surface area contributed by atoms with Crippen LogP contribution < -0.4 is 5.32 Å². The van der Waals surface area contributed by atoms with Crippen LogP contribution in [0, 0.1) is 11.6 Å². The lowest BCUT2D eigenvalue weighted by molar-refractivity contribution is -0.137. The van der Waals surface area contributed by atoms with E-state index in [2.05, 4.69) is 15.5 Å². The van der Waals surface area contributed by atoms with Gasteiger partial charge in [0.1, 0.15) is 17.3 Å². The number of nitrogens with zero attached hydrogens (tertiary/aromatic N) is 1. The number of H-pyrrole nitrogens is 1. The first kappa shape index (κ1) is 19.1. The lowest BCUT2D eigenvalue weighted by Crippen LogP contribution is -2.15. The maximum absolute atomic E-state index is 13.9. The van der Waals surface area contributed by atoms with Crippen LogP contribution in [0.25, 0.3) is 11.3 Å². The molecule has 1 aromatic heterocycles. The molecule has 9 heteroatoms. The van der Waals surface area contributed by atoms with Crippen LogP contribution in [0.2, 0.25) is 0 Å². The van der Waals surface area contributed by atoms with Crippen molar-refractivity contribution in [3.63, 3.8) is 0 Å². The molecule has 0 saturated heterocycles. The molecule has 1 fully saturated rings. The van der Waals surface area contributed by atoms with Gasteiger partial charge in [-0.15, -0.1) is 0 Å². The van der Waals surface area contributed by atoms with Crippen molar-refractivity contribution in [2.75, 3.05) is 5.32 Å². The second-order valence-electron chi connectivity index (χ2n) is 6.79. The van der Waals surface area contributed by atoms with E-state index in [0.29, 0.717) is 17.3 Å². The minimum Gasteiger partial charge on any atom is -0.318 e. The number of aromatic nitrogens is 2. The maximum Gasteiger partial charge on any atom is 0.416 e. The first-order valence-corrected chi connectivity index (χ1v) is 8.76. The summed E-state index contributed by atoms with van der Waals surface area (Å²) in [7, 11) is 0. The van der Waals surface area contributed by atoms with Crippen LogP contribution in [-0.4, -0.2) is 16.1 Å². The first-order valence-electron chi connectivity index (χ1n) is 8.76. The third-order valence-electron chi connectivity index (χ3n) is 4.68. The van der Waals surface area contributed by atoms with Crippen molar-refractivity contribution in [2.45, 2.75) is 24.9 Å². The highest BCUT2D eigenvalue weighted by Gasteiger charge is 2.32. The highest BCUT2D eigenvalue weighted by atomic mass is 19.4. The molecule has 4 nitrogen and oxygen atoms in total. The molecule has 3 aromatic rings. The molecule has 0 aliphatic heterocycles. The molecule has 1 heterocycles. The van der Waals surface area contributed by atoms with E-state index in [-0.39, 0.29) is 22.9 Å². The van der Waals surface area contributed by atoms with E-state index in [1.807, 2.05) is 0 Å². The Morgan fingerprint density at radius 3 is 2.34 bits per heavy atom. The van der Waals surface area contributed by atoms with E-state index in [9.17, 15) is 26.7 Å². The zero-order valence-electron chi connectivity index (χ0n) is 14.8. The Balaban J connectivity index is 1.69. The molecule has 2 N–H and O–H groups in total. The Morgan fingerprint density at radius 2 is 1.76 bits per heavy atom. The number of halogens is 5. The Hall–Kier alpha value is -3.23. The van der Waals surface area contributed by atoms with E-state index in [4.69, 9.17) is 0 Å². The van der Waals surface area contributed by atoms with Crippen LogP contribution in [0.5, 0.6) is 0 Å². The number of amides is 1. The van der Waals surface area contributed by atoms with E-state index in [0.717, 1.165) is 37.1 Å². The average molecular weight is 407 g/mol. The zero-order valence-corrected chi connectivity index (χ0v) is 14.8. The molecule has 1 saturated carbocycles. The second-order valence-corrected chi connectivity index (χ2v) is 6.79. The van der Waals surface area contributed by atoms with Crippen molar-refractivity contribution in [1.82, 2.24) is 10.2 Å². The highest BCUT2D eigenvalue weighted by Crippen LogP contribution is 2.45. The van der Waals surface area contributed by atoms with Crippen molar-refractivity contribution in [1.29, 1.82) is 0 Å². The molecular formula is C20H14F5N3O. The van der Waals surface area contributed by atoms with Gasteiger partial charge in [-0.05, 0) is 37.1 Å². The van der Waals surface area contributed by atoms with Crippen molar-refractivity contribution in [2.24, 2.45) is 0 Å². The number of benzene rings is 2. The number of anilines is 1. The molecular weight excluding hydrogens is 393 g/mol. The summed E-state index contributed by atoms with van der Waals surface area (Å²) in [5.41, 5.74) is 0.343. The second kappa shape index (κ2) is 6.98. The van der Waals surface area contributed by atoms with Gasteiger partial charge in [-0.2, -0.15) is 18.3 Å². The molecule has 1 amide bonds. The Bertz CT molecular complexity index is 1070. The number of nitrogens with one attached hydrogen (secondary N) is 2. The fourth-order valence-electron chi connectivity index (χ4n) is 3.03. The predicted molar refractivity (Wildman–Crippen MR) is 95.3 cm³/mol. The largest absolute Gasteiger partial charge is 0.416 e. The SMILES string of the molecule is O=C(Nc1c(-c2ccc(C(F)(F)F)cc2)n[nH]c1C1CC1)c1ccc(F)cc1F. The summed E-state index contributed by atoms with van der Waals surface area (Å²) >= 11 is 0. The summed E-state index contributed by atoms with van der Waals surface area (Å²) in [6, 6.07) is 6.94. The van der Waals surface area contributed by atoms with E-state index < -0.39 is 29.3 Å². The van der Waals surface area contributed by atoms with Gasteiger partial charge in [-0.25, -0.2) is 8.78 Å². The number of aromatic amines is 1. The monoisotopic (exact) mass is 407 g/mol. The Morgan fingerprint density at radius 1 is 1.07 bits per heavy atom. The van der Waals surface area contributed by atoms with Gasteiger partial charge in [0.05, 0.1) is 22.5 Å². The third kappa shape index (κ3) is 3.85. The van der Waals surface area contributed by atoms with E-state index in [1.54, 1.807) is 0 Å². The van der Waals surface area contributed by atoms with Gasteiger partial charge < -0.3 is 5.32 Å². The van der Waals surface area contributed by atoms with Gasteiger partial charge >= 0.3 is 6.18 Å². The van der Waals surface area contributed by atoms with Gasteiger partial charge in [0, 0.05) is 17.5 Å². The molecule has 2 aromatic carbocycles. The first-order chi connectivity index (χ1) is 13.7. The van der Waals surface area contributed by atoms with Crippen LogP contribution in [0.1, 0.15) is 40.4 Å². The average Bonchev–Trinajstić information content (AvgIpc) is 3.42. The third-order valence-corrected chi connectivity index (χ3v) is 4.68. The lowest BCUT2D eigenvalue weighted by Gasteiger charge is -2.10. The van der Waals surface area contributed by atoms with Crippen LogP contribution in [-0.2, 0) is 6.18 Å². The summed E-state index contributed by atoms with van der Waals surface area (Å²) in [6.45, 7) is 0. The predicted octanol–water partition coefficient (Wildman–Crippen LogP) is 5.50. The van der Waals surface area contributed by atoms with Crippen LogP contribution in [0.3, 0.4) is 0 Å². The molecule has 0 atom stereocenters. The van der Waals surface area contributed by atoms with Crippen LogP contribution in [0.15, 0.2) is 42.5 Å². The number of carbonyl (C=O) groups is 1. The Labute approximate surface area is 161 Å². The molecule has 0 radical (unpaired) electrons. The van der Waals surface area contributed by atoms with Crippen molar-refractivity contribution in [3.05, 3.63) is 70.9 Å². The van der Waals surface area contributed by atoms with Gasteiger partial charge in [0.2, 0.25) is 0 Å². The molecule has 29 heavy (non-hydrogen) atoms. The molecule has 1 aliphatic carbocycles. The van der Waals surface area contributed by atoms with E-state index in [1.165, 1.54) is 12.1 Å². The summed E-state index contributed by atoms with van der Waals surface area (Å²) in [4.78, 5) is 12.5. The normalized spacial score (nSPS) is 14.1. The van der Waals surface area contributed by atoms with Gasteiger partial charge in [0.25, 0.3) is 5.91 Å². The van der Waals surface area contributed by atoms with Gasteiger partial charge in [-0.1, -0.05) is 12.1 Å². The molecule has 0 unspecified atom stereocenters. The van der Waals surface area contributed by atoms with E-state index >= 15 is 0 Å². The van der Waals surface area contributed by atoms with Crippen LogP contribution in [0.4, 0.5) is 27.6 Å². The smallest absolute Gasteiger partial charge is 0.318 e. The number of carbonyl (C=O) groups excluding carboxylic acids is 1. The molecule has 4 rings (SSSR count). The summed E-state index contributed by atoms with van der Waals surface area (Å²) < 4.78 is 65.5.